The van der Waals surface area contributed by atoms with Crippen LogP contribution in [0.1, 0.15) is 23.6 Å². The van der Waals surface area contributed by atoms with Crippen LogP contribution in [0.4, 0.5) is 18.9 Å². The second kappa shape index (κ2) is 10.5. The quantitative estimate of drug-likeness (QED) is 0.242. The Morgan fingerprint density at radius 2 is 1.97 bits per heavy atom. The molecule has 32 heavy (non-hydrogen) atoms. The third-order valence-electron chi connectivity index (χ3n) is 5.03. The molecule has 0 aliphatic carbocycles. The zero-order valence-electron chi connectivity index (χ0n) is 17.6. The molecule has 0 saturated heterocycles. The molecule has 170 valence electrons. The number of hydrogen-bond donors (Lipinski definition) is 1. The SMILES string of the molecule is COC(=O)CN1CCc2cc(SC/C(S)=C(\C)N=Cc3ccc(C(F)(F)F)cc3)ccc21. The molecule has 0 atom stereocenters. The average Bonchev–Trinajstić information content (AvgIpc) is 3.17. The number of thioether (sulfide) groups is 1. The molecule has 4 nitrogen and oxygen atoms in total. The normalized spacial score (nSPS) is 14.5. The Balaban J connectivity index is 1.59. The molecule has 0 saturated carbocycles. The molecule has 0 N–H and O–H groups in total. The van der Waals surface area contributed by atoms with Crippen molar-refractivity contribution in [1.29, 1.82) is 0 Å². The first-order valence-corrected chi connectivity index (χ1v) is 11.3. The predicted molar refractivity (Wildman–Crippen MR) is 126 cm³/mol. The summed E-state index contributed by atoms with van der Waals surface area (Å²) >= 11 is 6.16. The molecule has 1 aliphatic rings. The lowest BCUT2D eigenvalue weighted by molar-refractivity contribution is -0.139. The van der Waals surface area contributed by atoms with Crippen LogP contribution in [0.25, 0.3) is 0 Å². The zero-order valence-corrected chi connectivity index (χ0v) is 19.4. The molecule has 2 aromatic rings. The number of carbonyl (C=O) groups excluding carboxylic acids is 1. The highest BCUT2D eigenvalue weighted by Crippen LogP contribution is 2.33. The van der Waals surface area contributed by atoms with Crippen LogP contribution in [-0.2, 0) is 22.1 Å². The number of aliphatic imine (C=N–C) groups is 1. The molecule has 0 amide bonds. The van der Waals surface area contributed by atoms with Gasteiger partial charge in [-0.25, -0.2) is 0 Å². The topological polar surface area (TPSA) is 41.9 Å². The van der Waals surface area contributed by atoms with Gasteiger partial charge in [-0.1, -0.05) is 12.1 Å². The van der Waals surface area contributed by atoms with Gasteiger partial charge in [0, 0.05) is 39.7 Å². The molecule has 0 bridgehead atoms. The fourth-order valence-electron chi connectivity index (χ4n) is 3.18. The molecule has 0 radical (unpaired) electrons. The van der Waals surface area contributed by atoms with Crippen LogP contribution >= 0.6 is 24.4 Å². The minimum absolute atomic E-state index is 0.246. The molecule has 0 aromatic heterocycles. The van der Waals surface area contributed by atoms with Crippen molar-refractivity contribution in [1.82, 2.24) is 0 Å². The maximum Gasteiger partial charge on any atom is 0.416 e. The standard InChI is InChI=1S/C23H23F3N2O2S2/c1-15(27-12-16-3-5-18(6-4-16)23(24,25)26)21(31)14-32-19-7-8-20-17(11-19)9-10-28(20)13-22(29)30-2/h3-8,11-12,31H,9-10,13-14H2,1-2H3/b21-15-,27-12?. The van der Waals surface area contributed by atoms with Gasteiger partial charge in [-0.3, -0.25) is 9.79 Å². The Labute approximate surface area is 195 Å². The monoisotopic (exact) mass is 480 g/mol. The number of rotatable bonds is 7. The van der Waals surface area contributed by atoms with Crippen LogP contribution in [0.15, 0.2) is 63.0 Å². The maximum atomic E-state index is 12.6. The number of allylic oxidation sites excluding steroid dienone is 1. The Morgan fingerprint density at radius 3 is 2.62 bits per heavy atom. The summed E-state index contributed by atoms with van der Waals surface area (Å²) < 4.78 is 42.7. The van der Waals surface area contributed by atoms with Gasteiger partial charge in [-0.05, 0) is 54.8 Å². The van der Waals surface area contributed by atoms with Crippen LogP contribution in [0.5, 0.6) is 0 Å². The first kappa shape index (κ1) is 24.3. The zero-order chi connectivity index (χ0) is 23.3. The molecular weight excluding hydrogens is 457 g/mol. The molecule has 2 aromatic carbocycles. The number of ether oxygens (including phenoxy) is 1. The number of halogens is 3. The summed E-state index contributed by atoms with van der Waals surface area (Å²) in [5.41, 5.74) is 2.85. The van der Waals surface area contributed by atoms with E-state index in [4.69, 9.17) is 4.74 Å². The fourth-order valence-corrected chi connectivity index (χ4v) is 4.33. The summed E-state index contributed by atoms with van der Waals surface area (Å²) in [5.74, 6) is 0.359. The first-order chi connectivity index (χ1) is 15.2. The molecule has 1 heterocycles. The molecule has 0 unspecified atom stereocenters. The minimum Gasteiger partial charge on any atom is -0.468 e. The summed E-state index contributed by atoms with van der Waals surface area (Å²) in [6, 6.07) is 11.0. The van der Waals surface area contributed by atoms with Gasteiger partial charge in [0.05, 0.1) is 12.7 Å². The van der Waals surface area contributed by atoms with Gasteiger partial charge in [-0.2, -0.15) is 13.2 Å². The van der Waals surface area contributed by atoms with Crippen molar-refractivity contribution in [2.24, 2.45) is 4.99 Å². The van der Waals surface area contributed by atoms with Crippen molar-refractivity contribution < 1.29 is 22.7 Å². The van der Waals surface area contributed by atoms with E-state index in [9.17, 15) is 18.0 Å². The summed E-state index contributed by atoms with van der Waals surface area (Å²) in [7, 11) is 1.39. The van der Waals surface area contributed by atoms with E-state index in [-0.39, 0.29) is 12.5 Å². The number of carbonyl (C=O) groups is 1. The summed E-state index contributed by atoms with van der Waals surface area (Å²) in [6.07, 6.45) is -1.94. The van der Waals surface area contributed by atoms with Gasteiger partial charge in [-0.15, -0.1) is 24.4 Å². The number of benzene rings is 2. The Kier molecular flexibility index (Phi) is 7.95. The van der Waals surface area contributed by atoms with Crippen molar-refractivity contribution in [3.63, 3.8) is 0 Å². The largest absolute Gasteiger partial charge is 0.468 e. The lowest BCUT2D eigenvalue weighted by Gasteiger charge is -2.17. The molecule has 1 aliphatic heterocycles. The van der Waals surface area contributed by atoms with E-state index in [2.05, 4.69) is 23.7 Å². The molecule has 9 heteroatoms. The van der Waals surface area contributed by atoms with E-state index < -0.39 is 11.7 Å². The Morgan fingerprint density at radius 1 is 1.25 bits per heavy atom. The summed E-state index contributed by atoms with van der Waals surface area (Å²) in [5, 5.41) is 0. The smallest absolute Gasteiger partial charge is 0.416 e. The van der Waals surface area contributed by atoms with Crippen LogP contribution < -0.4 is 4.90 Å². The van der Waals surface area contributed by atoms with E-state index in [1.807, 2.05) is 24.0 Å². The maximum absolute atomic E-state index is 12.6. The van der Waals surface area contributed by atoms with Crippen LogP contribution in [-0.4, -0.2) is 38.1 Å². The highest BCUT2D eigenvalue weighted by molar-refractivity contribution is 8.00. The van der Waals surface area contributed by atoms with Gasteiger partial charge >= 0.3 is 12.1 Å². The fraction of sp³-hybridized carbons (Fsp3) is 0.304. The number of nitrogens with zero attached hydrogens (tertiary/aromatic N) is 2. The van der Waals surface area contributed by atoms with E-state index in [1.165, 1.54) is 31.0 Å². The summed E-state index contributed by atoms with van der Waals surface area (Å²) in [6.45, 7) is 2.85. The molecule has 0 fully saturated rings. The number of thiol groups is 1. The van der Waals surface area contributed by atoms with E-state index in [0.717, 1.165) is 40.6 Å². The molecular formula is C23H23F3N2O2S2. The van der Waals surface area contributed by atoms with Gasteiger partial charge in [0.2, 0.25) is 0 Å². The number of anilines is 1. The lowest BCUT2D eigenvalue weighted by Crippen LogP contribution is -2.28. The molecule has 3 rings (SSSR count). The van der Waals surface area contributed by atoms with Gasteiger partial charge in [0.15, 0.2) is 0 Å². The molecule has 0 spiro atoms. The van der Waals surface area contributed by atoms with E-state index >= 15 is 0 Å². The number of hydrogen-bond acceptors (Lipinski definition) is 6. The van der Waals surface area contributed by atoms with Gasteiger partial charge in [0.1, 0.15) is 6.54 Å². The first-order valence-electron chi connectivity index (χ1n) is 9.85. The Bertz CT molecular complexity index is 1030. The van der Waals surface area contributed by atoms with Crippen molar-refractivity contribution in [2.45, 2.75) is 24.4 Å². The average molecular weight is 481 g/mol. The number of alkyl halides is 3. The summed E-state index contributed by atoms with van der Waals surface area (Å²) in [4.78, 5) is 19.8. The van der Waals surface area contributed by atoms with E-state index in [0.29, 0.717) is 17.0 Å². The number of esters is 1. The van der Waals surface area contributed by atoms with Crippen LogP contribution in [0, 0.1) is 0 Å². The van der Waals surface area contributed by atoms with Crippen molar-refractivity contribution in [2.75, 3.05) is 30.9 Å². The second-order valence-corrected chi connectivity index (χ2v) is 8.83. The van der Waals surface area contributed by atoms with Gasteiger partial charge in [0.25, 0.3) is 0 Å². The van der Waals surface area contributed by atoms with Crippen LogP contribution in [0.3, 0.4) is 0 Å². The highest BCUT2D eigenvalue weighted by atomic mass is 32.2. The van der Waals surface area contributed by atoms with Crippen molar-refractivity contribution in [3.8, 4) is 0 Å². The van der Waals surface area contributed by atoms with Gasteiger partial charge < -0.3 is 9.64 Å². The lowest BCUT2D eigenvalue weighted by atomic mass is 10.1. The predicted octanol–water partition coefficient (Wildman–Crippen LogP) is 5.61. The second-order valence-electron chi connectivity index (χ2n) is 7.24. The number of fused-ring (bicyclic) bond motifs is 1. The minimum atomic E-state index is -4.35. The third kappa shape index (κ3) is 6.32. The van der Waals surface area contributed by atoms with E-state index in [1.54, 1.807) is 11.8 Å². The van der Waals surface area contributed by atoms with Crippen LogP contribution in [0.2, 0.25) is 0 Å². The van der Waals surface area contributed by atoms with Crippen molar-refractivity contribution in [3.05, 3.63) is 69.8 Å². The Hall–Kier alpha value is -2.39. The highest BCUT2D eigenvalue weighted by Gasteiger charge is 2.29. The number of methoxy groups -OCH3 is 1. The third-order valence-corrected chi connectivity index (χ3v) is 6.74. The van der Waals surface area contributed by atoms with Crippen molar-refractivity contribution >= 4 is 42.3 Å².